The summed E-state index contributed by atoms with van der Waals surface area (Å²) in [7, 11) is 1.72. The smallest absolute Gasteiger partial charge is 0.311 e. The normalized spacial score (nSPS) is 26.9. The number of hydrogen-bond donors (Lipinski definition) is 1. The van der Waals surface area contributed by atoms with E-state index in [1.165, 1.54) is 12.8 Å². The Kier molecular flexibility index (Phi) is 4.08. The Hall–Kier alpha value is -1.60. The fourth-order valence-electron chi connectivity index (χ4n) is 3.96. The molecule has 26 heavy (non-hydrogen) atoms. The lowest BCUT2D eigenvalue weighted by Gasteiger charge is -2.43. The van der Waals surface area contributed by atoms with Crippen LogP contribution >= 0.6 is 0 Å². The van der Waals surface area contributed by atoms with Gasteiger partial charge in [-0.05, 0) is 43.9 Å². The van der Waals surface area contributed by atoms with Crippen LogP contribution in [0.4, 0.5) is 23.4 Å². The van der Waals surface area contributed by atoms with Gasteiger partial charge < -0.3 is 5.32 Å². The molecule has 1 aromatic rings. The third-order valence-electron chi connectivity index (χ3n) is 6.05. The van der Waals surface area contributed by atoms with E-state index in [9.17, 15) is 22.4 Å². The summed E-state index contributed by atoms with van der Waals surface area (Å²) in [6.45, 7) is 0. The van der Waals surface area contributed by atoms with Gasteiger partial charge in [-0.3, -0.25) is 9.48 Å². The molecule has 1 heterocycles. The van der Waals surface area contributed by atoms with Gasteiger partial charge in [-0.2, -0.15) is 22.7 Å². The molecular weight excluding hydrogens is 350 g/mol. The third-order valence-corrected chi connectivity index (χ3v) is 6.05. The molecule has 0 radical (unpaired) electrons. The van der Waals surface area contributed by atoms with Crippen molar-refractivity contribution in [1.82, 2.24) is 9.78 Å². The van der Waals surface area contributed by atoms with Crippen molar-refractivity contribution in [2.45, 2.75) is 69.1 Å². The highest BCUT2D eigenvalue weighted by atomic mass is 19.3. The van der Waals surface area contributed by atoms with Crippen molar-refractivity contribution in [3.8, 4) is 0 Å². The molecule has 1 atom stereocenters. The second kappa shape index (κ2) is 5.96. The Morgan fingerprint density at radius 2 is 1.92 bits per heavy atom. The van der Waals surface area contributed by atoms with Crippen molar-refractivity contribution >= 4 is 11.7 Å². The molecule has 1 N–H and O–H groups in total. The minimum absolute atomic E-state index is 0.335. The second-order valence-electron chi connectivity index (χ2n) is 8.09. The number of carbonyl (C=O) groups excluding carboxylic acids is 1. The maximum atomic E-state index is 13.4. The van der Waals surface area contributed by atoms with Crippen molar-refractivity contribution in [3.05, 3.63) is 11.3 Å². The molecule has 0 aliphatic heterocycles. The fraction of sp³-hybridized carbons (Fsp3) is 0.778. The van der Waals surface area contributed by atoms with Crippen molar-refractivity contribution in [2.75, 3.05) is 5.32 Å². The molecule has 144 valence electrons. The lowest BCUT2D eigenvalue weighted by molar-refractivity contribution is -0.313. The zero-order valence-electron chi connectivity index (χ0n) is 14.7. The van der Waals surface area contributed by atoms with Crippen LogP contribution in [0.25, 0.3) is 0 Å². The molecule has 3 aliphatic rings. The molecule has 0 unspecified atom stereocenters. The minimum atomic E-state index is -4.11. The number of halogens is 4. The van der Waals surface area contributed by atoms with Gasteiger partial charge >= 0.3 is 11.8 Å². The van der Waals surface area contributed by atoms with E-state index in [2.05, 4.69) is 10.4 Å². The molecular formula is C18H23F4N3O. The standard InChI is InChI=1S/C18H23F4N3O/c1-25-16(23-14(26)8-12-9-17(19,20)18(12,21)22)15(11-3-2-4-11)13(24-25)7-10-5-6-10/h10-12H,2-9H2,1H3,(H,23,26)/t12-/m0/s1. The Morgan fingerprint density at radius 3 is 2.42 bits per heavy atom. The molecule has 8 heteroatoms. The number of hydrogen-bond acceptors (Lipinski definition) is 2. The Morgan fingerprint density at radius 1 is 1.23 bits per heavy atom. The largest absolute Gasteiger partial charge is 0.313 e. The highest BCUT2D eigenvalue weighted by Crippen LogP contribution is 2.56. The maximum Gasteiger partial charge on any atom is 0.313 e. The Balaban J connectivity index is 1.48. The van der Waals surface area contributed by atoms with Gasteiger partial charge in [-0.25, -0.2) is 0 Å². The zero-order chi connectivity index (χ0) is 18.7. The fourth-order valence-corrected chi connectivity index (χ4v) is 3.96. The topological polar surface area (TPSA) is 46.9 Å². The molecule has 1 amide bonds. The lowest BCUT2D eigenvalue weighted by Crippen LogP contribution is -2.59. The summed E-state index contributed by atoms with van der Waals surface area (Å²) in [5.74, 6) is -8.84. The van der Waals surface area contributed by atoms with Crippen LogP contribution in [-0.2, 0) is 18.3 Å². The Bertz CT molecular complexity index is 722. The first-order chi connectivity index (χ1) is 12.2. The average molecular weight is 373 g/mol. The summed E-state index contributed by atoms with van der Waals surface area (Å²) in [5.41, 5.74) is 2.00. The van der Waals surface area contributed by atoms with Crippen LogP contribution in [0.3, 0.4) is 0 Å². The van der Waals surface area contributed by atoms with E-state index in [1.807, 2.05) is 0 Å². The highest BCUT2D eigenvalue weighted by Gasteiger charge is 2.71. The maximum absolute atomic E-state index is 13.4. The van der Waals surface area contributed by atoms with Gasteiger partial charge in [0.25, 0.3) is 0 Å². The van der Waals surface area contributed by atoms with Crippen LogP contribution in [0.2, 0.25) is 0 Å². The molecule has 0 aromatic carbocycles. The van der Waals surface area contributed by atoms with Gasteiger partial charge in [-0.1, -0.05) is 6.42 Å². The number of anilines is 1. The van der Waals surface area contributed by atoms with Crippen molar-refractivity contribution in [3.63, 3.8) is 0 Å². The number of rotatable bonds is 6. The van der Waals surface area contributed by atoms with Gasteiger partial charge in [0.1, 0.15) is 5.82 Å². The molecule has 1 aromatic heterocycles. The molecule has 3 saturated carbocycles. The first-order valence-corrected chi connectivity index (χ1v) is 9.30. The molecule has 4 rings (SSSR count). The predicted molar refractivity (Wildman–Crippen MR) is 87.5 cm³/mol. The van der Waals surface area contributed by atoms with E-state index in [1.54, 1.807) is 11.7 Å². The van der Waals surface area contributed by atoms with Crippen LogP contribution in [0.15, 0.2) is 0 Å². The quantitative estimate of drug-likeness (QED) is 0.758. The van der Waals surface area contributed by atoms with E-state index in [0.29, 0.717) is 17.7 Å². The third kappa shape index (κ3) is 2.91. The van der Waals surface area contributed by atoms with Gasteiger partial charge in [0.15, 0.2) is 0 Å². The molecule has 3 fully saturated rings. The highest BCUT2D eigenvalue weighted by molar-refractivity contribution is 5.91. The van der Waals surface area contributed by atoms with Crippen LogP contribution in [0.5, 0.6) is 0 Å². The van der Waals surface area contributed by atoms with Gasteiger partial charge in [0.05, 0.1) is 5.69 Å². The number of nitrogens with one attached hydrogen (secondary N) is 1. The monoisotopic (exact) mass is 373 g/mol. The van der Waals surface area contributed by atoms with Crippen molar-refractivity contribution in [2.24, 2.45) is 18.9 Å². The van der Waals surface area contributed by atoms with Gasteiger partial charge in [-0.15, -0.1) is 0 Å². The SMILES string of the molecule is Cn1nc(CC2CC2)c(C2CCC2)c1NC(=O)C[C@H]1CC(F)(F)C1(F)F. The summed E-state index contributed by atoms with van der Waals surface area (Å²) in [6.07, 6.45) is 4.89. The first kappa shape index (κ1) is 17.8. The summed E-state index contributed by atoms with van der Waals surface area (Å²) < 4.78 is 54.4. The van der Waals surface area contributed by atoms with E-state index in [-0.39, 0.29) is 0 Å². The molecule has 0 spiro atoms. The molecule has 0 saturated heterocycles. The van der Waals surface area contributed by atoms with E-state index >= 15 is 0 Å². The number of carbonyl (C=O) groups is 1. The lowest BCUT2D eigenvalue weighted by atomic mass is 9.74. The van der Waals surface area contributed by atoms with Gasteiger partial charge in [0, 0.05) is 31.4 Å². The van der Waals surface area contributed by atoms with Crippen LogP contribution < -0.4 is 5.32 Å². The average Bonchev–Trinajstić information content (AvgIpc) is 3.26. The number of aromatic nitrogens is 2. The van der Waals surface area contributed by atoms with Crippen molar-refractivity contribution in [1.29, 1.82) is 0 Å². The number of amides is 1. The number of nitrogens with zero attached hydrogens (tertiary/aromatic N) is 2. The van der Waals surface area contributed by atoms with Crippen LogP contribution in [0, 0.1) is 11.8 Å². The summed E-state index contributed by atoms with van der Waals surface area (Å²) in [5, 5.41) is 7.24. The van der Waals surface area contributed by atoms with Gasteiger partial charge in [0.2, 0.25) is 5.91 Å². The summed E-state index contributed by atoms with van der Waals surface area (Å²) >= 11 is 0. The summed E-state index contributed by atoms with van der Waals surface area (Å²) in [6, 6.07) is 0. The number of aryl methyl sites for hydroxylation is 1. The van der Waals surface area contributed by atoms with Crippen LogP contribution in [-0.4, -0.2) is 27.5 Å². The van der Waals surface area contributed by atoms with E-state index < -0.39 is 36.5 Å². The van der Waals surface area contributed by atoms with Crippen molar-refractivity contribution < 1.29 is 22.4 Å². The Labute approximate surface area is 149 Å². The second-order valence-corrected chi connectivity index (χ2v) is 8.09. The zero-order valence-corrected chi connectivity index (χ0v) is 14.7. The van der Waals surface area contributed by atoms with E-state index in [0.717, 1.165) is 36.9 Å². The predicted octanol–water partition coefficient (Wildman–Crippen LogP) is 4.26. The number of alkyl halides is 4. The molecule has 0 bridgehead atoms. The molecule has 3 aliphatic carbocycles. The molecule has 4 nitrogen and oxygen atoms in total. The van der Waals surface area contributed by atoms with Crippen LogP contribution in [0.1, 0.15) is 62.1 Å². The first-order valence-electron chi connectivity index (χ1n) is 9.30. The minimum Gasteiger partial charge on any atom is -0.311 e. The van der Waals surface area contributed by atoms with E-state index in [4.69, 9.17) is 0 Å². The summed E-state index contributed by atoms with van der Waals surface area (Å²) in [4.78, 5) is 12.3.